The molecule has 1 aromatic carbocycles. The summed E-state index contributed by atoms with van der Waals surface area (Å²) >= 11 is 0. The fourth-order valence-electron chi connectivity index (χ4n) is 3.38. The van der Waals surface area contributed by atoms with E-state index in [2.05, 4.69) is 0 Å². The number of rotatable bonds is 1. The predicted octanol–water partition coefficient (Wildman–Crippen LogP) is 2.14. The highest BCUT2D eigenvalue weighted by molar-refractivity contribution is 5.94. The number of halogens is 1. The van der Waals surface area contributed by atoms with Crippen LogP contribution in [0.15, 0.2) is 18.2 Å². The van der Waals surface area contributed by atoms with E-state index in [9.17, 15) is 14.0 Å². The van der Waals surface area contributed by atoms with E-state index in [1.165, 1.54) is 6.07 Å². The van der Waals surface area contributed by atoms with Gasteiger partial charge < -0.3 is 14.5 Å². The molecule has 7 heteroatoms. The Morgan fingerprint density at radius 3 is 2.79 bits per heavy atom. The monoisotopic (exact) mass is 331 g/mol. The number of hydrogen-bond acceptors (Lipinski definition) is 4. The van der Waals surface area contributed by atoms with Gasteiger partial charge in [0.1, 0.15) is 11.4 Å². The summed E-state index contributed by atoms with van der Waals surface area (Å²) in [7, 11) is 1.70. The summed E-state index contributed by atoms with van der Waals surface area (Å²) in [5, 5.41) is 8.92. The molecule has 0 N–H and O–H groups in total. The first kappa shape index (κ1) is 16.2. The van der Waals surface area contributed by atoms with E-state index >= 15 is 0 Å². The minimum Gasteiger partial charge on any atom is -0.441 e. The van der Waals surface area contributed by atoms with Crippen molar-refractivity contribution >= 4 is 12.0 Å². The Balaban J connectivity index is 1.75. The number of likely N-dealkylation sites (N-methyl/N-ethyl adjacent to an activating group) is 1. The zero-order valence-electron chi connectivity index (χ0n) is 13.4. The van der Waals surface area contributed by atoms with Crippen molar-refractivity contribution < 1.29 is 18.7 Å². The molecule has 0 saturated carbocycles. The molecule has 0 aromatic heterocycles. The lowest BCUT2D eigenvalue weighted by Gasteiger charge is -2.25. The third-order valence-electron chi connectivity index (χ3n) is 4.60. The van der Waals surface area contributed by atoms with Crippen LogP contribution in [-0.4, -0.2) is 54.1 Å². The molecule has 0 aliphatic carbocycles. The highest BCUT2D eigenvalue weighted by atomic mass is 19.1. The van der Waals surface area contributed by atoms with Crippen molar-refractivity contribution in [2.75, 3.05) is 26.7 Å². The quantitative estimate of drug-likeness (QED) is 0.790. The van der Waals surface area contributed by atoms with E-state index in [1.54, 1.807) is 16.8 Å². The molecule has 3 rings (SSSR count). The number of amides is 2. The molecule has 24 heavy (non-hydrogen) atoms. The predicted molar refractivity (Wildman–Crippen MR) is 82.7 cm³/mol. The summed E-state index contributed by atoms with van der Waals surface area (Å²) in [5.74, 6) is -0.907. The van der Waals surface area contributed by atoms with Crippen LogP contribution in [0.2, 0.25) is 0 Å². The molecule has 0 bridgehead atoms. The van der Waals surface area contributed by atoms with E-state index in [4.69, 9.17) is 10.00 Å². The van der Waals surface area contributed by atoms with Crippen LogP contribution in [0.1, 0.15) is 35.2 Å². The van der Waals surface area contributed by atoms with Crippen molar-refractivity contribution in [2.45, 2.75) is 24.9 Å². The fourth-order valence-corrected chi connectivity index (χ4v) is 3.38. The van der Waals surface area contributed by atoms with Gasteiger partial charge in [-0.05, 0) is 31.0 Å². The van der Waals surface area contributed by atoms with Gasteiger partial charge in [-0.1, -0.05) is 0 Å². The van der Waals surface area contributed by atoms with Gasteiger partial charge in [-0.15, -0.1) is 0 Å². The maximum Gasteiger partial charge on any atom is 0.410 e. The number of nitrogens with zero attached hydrogens (tertiary/aromatic N) is 3. The van der Waals surface area contributed by atoms with Crippen LogP contribution in [0.5, 0.6) is 0 Å². The van der Waals surface area contributed by atoms with E-state index in [0.29, 0.717) is 38.9 Å². The number of hydrogen-bond donors (Lipinski definition) is 0. The average Bonchev–Trinajstić information content (AvgIpc) is 2.72. The van der Waals surface area contributed by atoms with Crippen LogP contribution in [0.4, 0.5) is 9.18 Å². The van der Waals surface area contributed by atoms with Gasteiger partial charge in [-0.3, -0.25) is 4.79 Å². The van der Waals surface area contributed by atoms with Crippen molar-refractivity contribution in [3.63, 3.8) is 0 Å². The van der Waals surface area contributed by atoms with Gasteiger partial charge in [0, 0.05) is 32.1 Å². The lowest BCUT2D eigenvalue weighted by Crippen LogP contribution is -2.36. The molecule has 1 aromatic rings. The molecule has 1 unspecified atom stereocenters. The minimum atomic E-state index is -0.602. The van der Waals surface area contributed by atoms with Crippen LogP contribution >= 0.6 is 0 Å². The average molecular weight is 331 g/mol. The van der Waals surface area contributed by atoms with Crippen LogP contribution in [0, 0.1) is 17.1 Å². The molecule has 126 valence electrons. The first-order valence-corrected chi connectivity index (χ1v) is 7.86. The van der Waals surface area contributed by atoms with E-state index < -0.39 is 11.4 Å². The summed E-state index contributed by atoms with van der Waals surface area (Å²) in [6, 6.07) is 5.50. The van der Waals surface area contributed by atoms with E-state index in [0.717, 1.165) is 12.1 Å². The maximum atomic E-state index is 13.6. The number of carbonyl (C=O) groups is 2. The van der Waals surface area contributed by atoms with Crippen molar-refractivity contribution in [1.29, 1.82) is 5.26 Å². The Kier molecular flexibility index (Phi) is 4.14. The molecule has 2 aliphatic rings. The second-order valence-corrected chi connectivity index (χ2v) is 6.39. The van der Waals surface area contributed by atoms with Gasteiger partial charge in [0.15, 0.2) is 0 Å². The zero-order chi connectivity index (χ0) is 17.3. The van der Waals surface area contributed by atoms with Gasteiger partial charge in [0.05, 0.1) is 18.2 Å². The minimum absolute atomic E-state index is 0.121. The van der Waals surface area contributed by atoms with Crippen molar-refractivity contribution in [3.05, 3.63) is 35.1 Å². The SMILES string of the molecule is CN1CC2(CCCN(C(=O)c3cc(F)cc(C#N)c3)CC2)OC1=O. The molecule has 2 aliphatic heterocycles. The van der Waals surface area contributed by atoms with Crippen LogP contribution in [-0.2, 0) is 4.74 Å². The van der Waals surface area contributed by atoms with E-state index in [-0.39, 0.29) is 23.1 Å². The van der Waals surface area contributed by atoms with Crippen molar-refractivity contribution in [1.82, 2.24) is 9.80 Å². The Hall–Kier alpha value is -2.62. The fraction of sp³-hybridized carbons (Fsp3) is 0.471. The smallest absolute Gasteiger partial charge is 0.410 e. The molecule has 2 fully saturated rings. The summed E-state index contributed by atoms with van der Waals surface area (Å²) in [4.78, 5) is 27.5. The van der Waals surface area contributed by atoms with Crippen molar-refractivity contribution in [2.24, 2.45) is 0 Å². The van der Waals surface area contributed by atoms with Gasteiger partial charge in [0.25, 0.3) is 5.91 Å². The zero-order valence-corrected chi connectivity index (χ0v) is 13.4. The largest absolute Gasteiger partial charge is 0.441 e. The molecule has 2 saturated heterocycles. The molecular formula is C17H18FN3O3. The Labute approximate surface area is 139 Å². The Bertz CT molecular complexity index is 730. The normalized spacial score (nSPS) is 23.8. The third-order valence-corrected chi connectivity index (χ3v) is 4.60. The van der Waals surface area contributed by atoms with Gasteiger partial charge in [-0.2, -0.15) is 5.26 Å². The Morgan fingerprint density at radius 1 is 1.33 bits per heavy atom. The molecule has 0 radical (unpaired) electrons. The summed E-state index contributed by atoms with van der Waals surface area (Å²) < 4.78 is 19.1. The Morgan fingerprint density at radius 2 is 2.12 bits per heavy atom. The summed E-state index contributed by atoms with van der Waals surface area (Å²) in [5.41, 5.74) is -0.250. The lowest BCUT2D eigenvalue weighted by molar-refractivity contribution is 0.0438. The van der Waals surface area contributed by atoms with Crippen molar-refractivity contribution in [3.8, 4) is 6.07 Å². The second-order valence-electron chi connectivity index (χ2n) is 6.39. The summed E-state index contributed by atoms with van der Waals surface area (Å²) in [6.07, 6.45) is 1.61. The molecule has 1 atom stereocenters. The highest BCUT2D eigenvalue weighted by Crippen LogP contribution is 2.32. The molecule has 6 nitrogen and oxygen atoms in total. The first-order valence-electron chi connectivity index (χ1n) is 7.86. The molecule has 2 heterocycles. The van der Waals surface area contributed by atoms with Crippen LogP contribution in [0.25, 0.3) is 0 Å². The standard InChI is InChI=1S/C17H18FN3O3/c1-20-11-17(24-16(20)23)3-2-5-21(6-4-17)15(22)13-7-12(10-19)8-14(18)9-13/h7-9H,2-6,11H2,1H3. The number of benzene rings is 1. The molecular weight excluding hydrogens is 313 g/mol. The number of carbonyl (C=O) groups excluding carboxylic acids is 2. The third kappa shape index (κ3) is 3.04. The number of nitriles is 1. The number of ether oxygens (including phenoxy) is 1. The van der Waals surface area contributed by atoms with Crippen LogP contribution in [0.3, 0.4) is 0 Å². The maximum absolute atomic E-state index is 13.6. The van der Waals surface area contributed by atoms with Gasteiger partial charge in [0.2, 0.25) is 0 Å². The van der Waals surface area contributed by atoms with Gasteiger partial charge >= 0.3 is 6.09 Å². The summed E-state index contributed by atoms with van der Waals surface area (Å²) in [6.45, 7) is 1.46. The molecule has 1 spiro atoms. The van der Waals surface area contributed by atoms with Gasteiger partial charge in [-0.25, -0.2) is 9.18 Å². The number of likely N-dealkylation sites (tertiary alicyclic amines) is 1. The first-order chi connectivity index (χ1) is 11.4. The van der Waals surface area contributed by atoms with E-state index in [1.807, 2.05) is 6.07 Å². The molecule has 2 amide bonds. The van der Waals surface area contributed by atoms with Crippen LogP contribution < -0.4 is 0 Å². The highest BCUT2D eigenvalue weighted by Gasteiger charge is 2.44. The second kappa shape index (κ2) is 6.11. The topological polar surface area (TPSA) is 73.6 Å². The lowest BCUT2D eigenvalue weighted by atomic mass is 9.95.